The number of benzene rings is 2. The fourth-order valence-electron chi connectivity index (χ4n) is 3.57. The zero-order valence-electron chi connectivity index (χ0n) is 19.5. The molecule has 0 aliphatic carbocycles. The lowest BCUT2D eigenvalue weighted by molar-refractivity contribution is 0.0899. The Labute approximate surface area is 195 Å². The normalized spacial score (nSPS) is 13.6. The van der Waals surface area contributed by atoms with Crippen molar-refractivity contribution in [1.82, 2.24) is 19.1 Å². The van der Waals surface area contributed by atoms with Gasteiger partial charge < -0.3 is 14.2 Å². The van der Waals surface area contributed by atoms with E-state index in [2.05, 4.69) is 10.1 Å². The third-order valence-corrected chi connectivity index (χ3v) is 7.71. The summed E-state index contributed by atoms with van der Waals surface area (Å²) in [4.78, 5) is 4.20. The van der Waals surface area contributed by atoms with E-state index in [1.54, 1.807) is 28.2 Å². The number of rotatable bonds is 11. The highest BCUT2D eigenvalue weighted by atomic mass is 32.2. The highest BCUT2D eigenvalue weighted by Crippen LogP contribution is 2.28. The standard InChI is InChI=1S/C23H30N4O5S/c1-17(22(32-5)23-24-16-25-26(23)2)33(28,29)27(14-18-6-10-20(30-3)11-7-18)15-19-8-12-21(31-4)13-9-19/h6-13,16-17,22H,14-15H2,1-5H3/t17-,22-/m0/s1. The van der Waals surface area contributed by atoms with Gasteiger partial charge in [-0.2, -0.15) is 9.40 Å². The van der Waals surface area contributed by atoms with Crippen molar-refractivity contribution in [3.63, 3.8) is 0 Å². The van der Waals surface area contributed by atoms with Gasteiger partial charge in [-0.15, -0.1) is 0 Å². The Balaban J connectivity index is 1.94. The molecule has 0 saturated carbocycles. The third kappa shape index (κ3) is 5.70. The predicted octanol–water partition coefficient (Wildman–Crippen LogP) is 2.94. The predicted molar refractivity (Wildman–Crippen MR) is 124 cm³/mol. The lowest BCUT2D eigenvalue weighted by Gasteiger charge is -2.29. The molecule has 2 atom stereocenters. The van der Waals surface area contributed by atoms with Crippen LogP contribution in [0, 0.1) is 0 Å². The summed E-state index contributed by atoms with van der Waals surface area (Å²) in [6, 6.07) is 14.7. The summed E-state index contributed by atoms with van der Waals surface area (Å²) in [6.07, 6.45) is 0.601. The Morgan fingerprint density at radius 2 is 1.39 bits per heavy atom. The van der Waals surface area contributed by atoms with Crippen molar-refractivity contribution < 1.29 is 22.6 Å². The Hall–Kier alpha value is -2.95. The van der Waals surface area contributed by atoms with Gasteiger partial charge in [0.25, 0.3) is 0 Å². The topological polar surface area (TPSA) is 95.8 Å². The molecule has 33 heavy (non-hydrogen) atoms. The van der Waals surface area contributed by atoms with Gasteiger partial charge in [-0.25, -0.2) is 13.4 Å². The summed E-state index contributed by atoms with van der Waals surface area (Å²) in [6.45, 7) is 2.02. The molecule has 1 heterocycles. The molecule has 0 aliphatic heterocycles. The minimum absolute atomic E-state index is 0.192. The first-order valence-corrected chi connectivity index (χ1v) is 11.9. The monoisotopic (exact) mass is 474 g/mol. The van der Waals surface area contributed by atoms with E-state index in [1.165, 1.54) is 22.4 Å². The maximum atomic E-state index is 13.8. The van der Waals surface area contributed by atoms with E-state index in [0.717, 1.165) is 11.1 Å². The smallest absolute Gasteiger partial charge is 0.220 e. The van der Waals surface area contributed by atoms with Crippen molar-refractivity contribution in [2.45, 2.75) is 31.4 Å². The fourth-order valence-corrected chi connectivity index (χ4v) is 5.24. The van der Waals surface area contributed by atoms with Crippen molar-refractivity contribution in [2.24, 2.45) is 7.05 Å². The number of methoxy groups -OCH3 is 3. The van der Waals surface area contributed by atoms with Crippen LogP contribution in [0.5, 0.6) is 11.5 Å². The second-order valence-corrected chi connectivity index (χ2v) is 9.90. The van der Waals surface area contributed by atoms with E-state index in [4.69, 9.17) is 14.2 Å². The first-order chi connectivity index (χ1) is 15.8. The van der Waals surface area contributed by atoms with Crippen LogP contribution >= 0.6 is 0 Å². The average molecular weight is 475 g/mol. The molecule has 0 aliphatic rings. The molecule has 0 amide bonds. The van der Waals surface area contributed by atoms with Gasteiger partial charge in [0.15, 0.2) is 5.82 Å². The lowest BCUT2D eigenvalue weighted by atomic mass is 10.2. The van der Waals surface area contributed by atoms with Gasteiger partial charge in [0.05, 0.1) is 14.2 Å². The maximum absolute atomic E-state index is 13.8. The number of aryl methyl sites for hydroxylation is 1. The van der Waals surface area contributed by atoms with Gasteiger partial charge in [0.2, 0.25) is 10.0 Å². The van der Waals surface area contributed by atoms with Crippen LogP contribution in [0.15, 0.2) is 54.9 Å². The molecule has 1 aromatic heterocycles. The minimum atomic E-state index is -3.82. The molecule has 0 spiro atoms. The van der Waals surface area contributed by atoms with Gasteiger partial charge in [0, 0.05) is 27.2 Å². The quantitative estimate of drug-likeness (QED) is 0.422. The Bertz CT molecular complexity index is 1080. The van der Waals surface area contributed by atoms with Crippen molar-refractivity contribution in [1.29, 1.82) is 0 Å². The SMILES string of the molecule is COc1ccc(CN(Cc2ccc(OC)cc2)S(=O)(=O)[C@@H](C)[C@H](OC)c2ncnn2C)cc1. The van der Waals surface area contributed by atoms with Gasteiger partial charge in [0.1, 0.15) is 29.2 Å². The minimum Gasteiger partial charge on any atom is -0.497 e. The summed E-state index contributed by atoms with van der Waals surface area (Å²) >= 11 is 0. The van der Waals surface area contributed by atoms with E-state index in [-0.39, 0.29) is 13.1 Å². The number of ether oxygens (including phenoxy) is 3. The molecule has 0 fully saturated rings. The van der Waals surface area contributed by atoms with Crippen LogP contribution in [-0.4, -0.2) is 54.1 Å². The highest BCUT2D eigenvalue weighted by molar-refractivity contribution is 7.89. The molecule has 0 unspecified atom stereocenters. The number of hydrogen-bond acceptors (Lipinski definition) is 7. The second-order valence-electron chi connectivity index (χ2n) is 7.61. The summed E-state index contributed by atoms with van der Waals surface area (Å²) in [7, 11) is 2.55. The van der Waals surface area contributed by atoms with Gasteiger partial charge >= 0.3 is 0 Å². The van der Waals surface area contributed by atoms with Gasteiger partial charge in [-0.3, -0.25) is 4.68 Å². The van der Waals surface area contributed by atoms with E-state index in [1.807, 2.05) is 48.5 Å². The molecule has 178 valence electrons. The molecular formula is C23H30N4O5S. The van der Waals surface area contributed by atoms with Crippen LogP contribution in [0.2, 0.25) is 0 Å². The molecule has 3 rings (SSSR count). The lowest BCUT2D eigenvalue weighted by Crippen LogP contribution is -2.40. The molecule has 0 saturated heterocycles. The summed E-state index contributed by atoms with van der Waals surface area (Å²) in [5.74, 6) is 1.86. The van der Waals surface area contributed by atoms with Crippen LogP contribution in [0.3, 0.4) is 0 Å². The van der Waals surface area contributed by atoms with Crippen LogP contribution in [0.25, 0.3) is 0 Å². The molecule has 10 heteroatoms. The van der Waals surface area contributed by atoms with E-state index < -0.39 is 21.4 Å². The first-order valence-electron chi connectivity index (χ1n) is 10.4. The van der Waals surface area contributed by atoms with E-state index >= 15 is 0 Å². The number of nitrogens with zero attached hydrogens (tertiary/aromatic N) is 4. The zero-order valence-corrected chi connectivity index (χ0v) is 20.3. The van der Waals surface area contributed by atoms with E-state index in [9.17, 15) is 8.42 Å². The van der Waals surface area contributed by atoms with Crippen LogP contribution < -0.4 is 9.47 Å². The summed E-state index contributed by atoms with van der Waals surface area (Å²) in [5, 5.41) is 3.16. The molecule has 2 aromatic carbocycles. The molecule has 0 bridgehead atoms. The van der Waals surface area contributed by atoms with Crippen molar-refractivity contribution >= 4 is 10.0 Å². The maximum Gasteiger partial charge on any atom is 0.220 e. The number of hydrogen-bond donors (Lipinski definition) is 0. The largest absolute Gasteiger partial charge is 0.497 e. The van der Waals surface area contributed by atoms with Crippen LogP contribution in [0.1, 0.15) is 30.0 Å². The Kier molecular flexibility index (Phi) is 8.06. The number of sulfonamides is 1. The summed E-state index contributed by atoms with van der Waals surface area (Å²) in [5.41, 5.74) is 1.68. The molecule has 3 aromatic rings. The zero-order chi connectivity index (χ0) is 24.0. The second kappa shape index (κ2) is 10.8. The van der Waals surface area contributed by atoms with Crippen LogP contribution in [-0.2, 0) is 34.9 Å². The Morgan fingerprint density at radius 3 is 1.76 bits per heavy atom. The highest BCUT2D eigenvalue weighted by Gasteiger charge is 2.37. The molecule has 9 nitrogen and oxygen atoms in total. The molecular weight excluding hydrogens is 444 g/mol. The average Bonchev–Trinajstić information content (AvgIpc) is 3.25. The van der Waals surface area contributed by atoms with Gasteiger partial charge in [-0.1, -0.05) is 24.3 Å². The Morgan fingerprint density at radius 1 is 0.909 bits per heavy atom. The van der Waals surface area contributed by atoms with Gasteiger partial charge in [-0.05, 0) is 42.3 Å². The summed E-state index contributed by atoms with van der Waals surface area (Å²) < 4.78 is 46.7. The molecule has 0 radical (unpaired) electrons. The van der Waals surface area contributed by atoms with Crippen molar-refractivity contribution in [3.8, 4) is 11.5 Å². The number of aromatic nitrogens is 3. The van der Waals surface area contributed by atoms with Crippen molar-refractivity contribution in [2.75, 3.05) is 21.3 Å². The van der Waals surface area contributed by atoms with E-state index in [0.29, 0.717) is 17.3 Å². The van der Waals surface area contributed by atoms with Crippen molar-refractivity contribution in [3.05, 3.63) is 71.8 Å². The van der Waals surface area contributed by atoms with Crippen LogP contribution in [0.4, 0.5) is 0 Å². The third-order valence-electron chi connectivity index (χ3n) is 5.55. The first kappa shape index (κ1) is 24.7. The molecule has 0 N–H and O–H groups in total. The fraction of sp³-hybridized carbons (Fsp3) is 0.391.